The molecule has 5 nitrogen and oxygen atoms in total. The Balaban J connectivity index is 1.53. The summed E-state index contributed by atoms with van der Waals surface area (Å²) in [4.78, 5) is 16.7. The number of guanidine groups is 1. The minimum absolute atomic E-state index is 0.0257. The zero-order valence-electron chi connectivity index (χ0n) is 17.7. The third-order valence-corrected chi connectivity index (χ3v) is 5.70. The van der Waals surface area contributed by atoms with Crippen LogP contribution in [0.2, 0.25) is 0 Å². The Morgan fingerprint density at radius 1 is 1.10 bits per heavy atom. The first kappa shape index (κ1) is 20.9. The van der Waals surface area contributed by atoms with Gasteiger partial charge in [-0.25, -0.2) is 0 Å². The molecule has 0 aromatic heterocycles. The molecule has 3 N–H and O–H groups in total. The highest BCUT2D eigenvalue weighted by Crippen LogP contribution is 2.47. The van der Waals surface area contributed by atoms with Crippen molar-refractivity contribution in [3.8, 4) is 0 Å². The number of hydrogen-bond donors (Lipinski definition) is 3. The number of carbonyl (C=O) groups is 1. The second-order valence-electron chi connectivity index (χ2n) is 7.91. The predicted octanol–water partition coefficient (Wildman–Crippen LogP) is 3.61. The van der Waals surface area contributed by atoms with Crippen molar-refractivity contribution in [2.24, 2.45) is 4.99 Å². The van der Waals surface area contributed by atoms with Crippen molar-refractivity contribution in [2.75, 3.05) is 13.6 Å². The van der Waals surface area contributed by atoms with Crippen molar-refractivity contribution in [1.82, 2.24) is 16.0 Å². The molecule has 0 radical (unpaired) electrons. The van der Waals surface area contributed by atoms with Crippen LogP contribution in [0, 0.1) is 0 Å². The Bertz CT molecular complexity index is 843. The SMILES string of the molecule is CCC(C)NC(=O)c1cccc(CNC(=NC)NCC2(c3ccccc3)CC2)c1. The van der Waals surface area contributed by atoms with E-state index >= 15 is 0 Å². The maximum atomic E-state index is 12.3. The molecule has 154 valence electrons. The summed E-state index contributed by atoms with van der Waals surface area (Å²) in [6.45, 7) is 5.56. The van der Waals surface area contributed by atoms with Crippen LogP contribution in [0.25, 0.3) is 0 Å². The molecular weight excluding hydrogens is 360 g/mol. The van der Waals surface area contributed by atoms with Gasteiger partial charge in [0.1, 0.15) is 0 Å². The number of benzene rings is 2. The number of amides is 1. The van der Waals surface area contributed by atoms with Gasteiger partial charge in [0.25, 0.3) is 5.91 Å². The molecule has 1 unspecified atom stereocenters. The van der Waals surface area contributed by atoms with Crippen molar-refractivity contribution in [3.63, 3.8) is 0 Å². The van der Waals surface area contributed by atoms with Crippen LogP contribution >= 0.6 is 0 Å². The van der Waals surface area contributed by atoms with E-state index in [1.165, 1.54) is 18.4 Å². The number of hydrogen-bond acceptors (Lipinski definition) is 2. The normalized spacial score (nSPS) is 16.0. The highest BCUT2D eigenvalue weighted by molar-refractivity contribution is 5.94. The zero-order chi connectivity index (χ0) is 20.7. The first-order valence-corrected chi connectivity index (χ1v) is 10.5. The molecule has 1 fully saturated rings. The van der Waals surface area contributed by atoms with Crippen molar-refractivity contribution in [1.29, 1.82) is 0 Å². The number of aliphatic imine (C=N–C) groups is 1. The van der Waals surface area contributed by atoms with E-state index in [9.17, 15) is 4.79 Å². The fourth-order valence-electron chi connectivity index (χ4n) is 3.40. The lowest BCUT2D eigenvalue weighted by Gasteiger charge is -2.19. The highest BCUT2D eigenvalue weighted by Gasteiger charge is 2.43. The number of carbonyl (C=O) groups excluding carboxylic acids is 1. The molecule has 1 aliphatic carbocycles. The average Bonchev–Trinajstić information content (AvgIpc) is 3.55. The van der Waals surface area contributed by atoms with Crippen LogP contribution in [-0.4, -0.2) is 31.5 Å². The van der Waals surface area contributed by atoms with E-state index in [4.69, 9.17) is 0 Å². The molecule has 0 heterocycles. The molecule has 1 aliphatic rings. The molecule has 1 atom stereocenters. The fourth-order valence-corrected chi connectivity index (χ4v) is 3.40. The molecule has 0 spiro atoms. The Morgan fingerprint density at radius 2 is 1.86 bits per heavy atom. The summed E-state index contributed by atoms with van der Waals surface area (Å²) in [6, 6.07) is 18.6. The topological polar surface area (TPSA) is 65.5 Å². The second kappa shape index (κ2) is 9.59. The molecule has 0 aliphatic heterocycles. The van der Waals surface area contributed by atoms with Gasteiger partial charge in [0.15, 0.2) is 5.96 Å². The molecule has 5 heteroatoms. The van der Waals surface area contributed by atoms with Crippen molar-refractivity contribution in [3.05, 3.63) is 71.3 Å². The van der Waals surface area contributed by atoms with Gasteiger partial charge in [-0.3, -0.25) is 9.79 Å². The molecule has 2 aromatic rings. The molecule has 1 saturated carbocycles. The summed E-state index contributed by atoms with van der Waals surface area (Å²) >= 11 is 0. The van der Waals surface area contributed by atoms with Crippen LogP contribution in [-0.2, 0) is 12.0 Å². The summed E-state index contributed by atoms with van der Waals surface area (Å²) in [5, 5.41) is 9.85. The standard InChI is InChI=1S/C24H32N4O/c1-4-18(2)28-22(29)20-10-8-9-19(15-20)16-26-23(25-3)27-17-24(13-14-24)21-11-6-5-7-12-21/h5-12,15,18H,4,13-14,16-17H2,1-3H3,(H,28,29)(H2,25,26,27). The Morgan fingerprint density at radius 3 is 2.52 bits per heavy atom. The van der Waals surface area contributed by atoms with E-state index in [0.717, 1.165) is 24.5 Å². The van der Waals surface area contributed by atoms with Crippen LogP contribution in [0.15, 0.2) is 59.6 Å². The quantitative estimate of drug-likeness (QED) is 0.475. The third kappa shape index (κ3) is 5.59. The Hall–Kier alpha value is -2.82. The van der Waals surface area contributed by atoms with Crippen molar-refractivity contribution < 1.29 is 4.79 Å². The van der Waals surface area contributed by atoms with Crippen LogP contribution in [0.1, 0.15) is 54.6 Å². The second-order valence-corrected chi connectivity index (χ2v) is 7.91. The van der Waals surface area contributed by atoms with Gasteiger partial charge in [-0.2, -0.15) is 0 Å². The Kier molecular flexibility index (Phi) is 6.91. The monoisotopic (exact) mass is 392 g/mol. The minimum Gasteiger partial charge on any atom is -0.356 e. The predicted molar refractivity (Wildman–Crippen MR) is 119 cm³/mol. The molecule has 29 heavy (non-hydrogen) atoms. The van der Waals surface area contributed by atoms with E-state index in [1.54, 1.807) is 7.05 Å². The van der Waals surface area contributed by atoms with E-state index in [-0.39, 0.29) is 17.4 Å². The maximum Gasteiger partial charge on any atom is 0.251 e. The summed E-state index contributed by atoms with van der Waals surface area (Å²) in [7, 11) is 1.79. The minimum atomic E-state index is -0.0257. The van der Waals surface area contributed by atoms with Gasteiger partial charge >= 0.3 is 0 Å². The fraction of sp³-hybridized carbons (Fsp3) is 0.417. The zero-order valence-corrected chi connectivity index (χ0v) is 17.7. The third-order valence-electron chi connectivity index (χ3n) is 5.70. The van der Waals surface area contributed by atoms with Gasteiger partial charge in [0, 0.05) is 37.2 Å². The molecule has 1 amide bonds. The lowest BCUT2D eigenvalue weighted by molar-refractivity contribution is 0.0939. The van der Waals surface area contributed by atoms with Gasteiger partial charge in [-0.15, -0.1) is 0 Å². The van der Waals surface area contributed by atoms with E-state index in [2.05, 4.69) is 58.2 Å². The van der Waals surface area contributed by atoms with Gasteiger partial charge in [-0.05, 0) is 49.4 Å². The lowest BCUT2D eigenvalue weighted by Crippen LogP contribution is -2.40. The van der Waals surface area contributed by atoms with Crippen LogP contribution in [0.4, 0.5) is 0 Å². The molecule has 0 saturated heterocycles. The van der Waals surface area contributed by atoms with Gasteiger partial charge in [-0.1, -0.05) is 49.4 Å². The first-order chi connectivity index (χ1) is 14.1. The number of nitrogens with zero attached hydrogens (tertiary/aromatic N) is 1. The number of nitrogens with one attached hydrogen (secondary N) is 3. The number of rotatable bonds is 8. The summed E-state index contributed by atoms with van der Waals surface area (Å²) < 4.78 is 0. The maximum absolute atomic E-state index is 12.3. The molecule has 0 bridgehead atoms. The van der Waals surface area contributed by atoms with Gasteiger partial charge < -0.3 is 16.0 Å². The Labute approximate surface area is 174 Å². The van der Waals surface area contributed by atoms with Crippen LogP contribution in [0.5, 0.6) is 0 Å². The lowest BCUT2D eigenvalue weighted by atomic mass is 9.96. The van der Waals surface area contributed by atoms with Gasteiger partial charge in [0.05, 0.1) is 0 Å². The van der Waals surface area contributed by atoms with E-state index in [0.29, 0.717) is 12.1 Å². The molecule has 2 aromatic carbocycles. The highest BCUT2D eigenvalue weighted by atomic mass is 16.1. The smallest absolute Gasteiger partial charge is 0.251 e. The average molecular weight is 393 g/mol. The van der Waals surface area contributed by atoms with Crippen molar-refractivity contribution >= 4 is 11.9 Å². The van der Waals surface area contributed by atoms with Crippen LogP contribution in [0.3, 0.4) is 0 Å². The summed E-state index contributed by atoms with van der Waals surface area (Å²) in [5.74, 6) is 0.754. The van der Waals surface area contributed by atoms with E-state index < -0.39 is 0 Å². The van der Waals surface area contributed by atoms with Crippen LogP contribution < -0.4 is 16.0 Å². The van der Waals surface area contributed by atoms with Gasteiger partial charge in [0.2, 0.25) is 0 Å². The summed E-state index contributed by atoms with van der Waals surface area (Å²) in [6.07, 6.45) is 3.32. The molecule has 3 rings (SSSR count). The van der Waals surface area contributed by atoms with Crippen molar-refractivity contribution in [2.45, 2.75) is 51.1 Å². The first-order valence-electron chi connectivity index (χ1n) is 10.5. The largest absolute Gasteiger partial charge is 0.356 e. The molecular formula is C24H32N4O. The van der Waals surface area contributed by atoms with E-state index in [1.807, 2.05) is 31.2 Å². The summed E-state index contributed by atoms with van der Waals surface area (Å²) in [5.41, 5.74) is 3.36.